The van der Waals surface area contributed by atoms with Crippen molar-refractivity contribution in [3.05, 3.63) is 27.7 Å². The molecule has 0 aliphatic rings. The van der Waals surface area contributed by atoms with Crippen LogP contribution in [0.2, 0.25) is 5.02 Å². The van der Waals surface area contributed by atoms with Crippen LogP contribution in [0.15, 0.2) is 22.7 Å². The second-order valence-electron chi connectivity index (χ2n) is 3.35. The molecule has 1 aromatic carbocycles. The van der Waals surface area contributed by atoms with E-state index in [4.69, 9.17) is 11.6 Å². The van der Waals surface area contributed by atoms with Gasteiger partial charge in [-0.05, 0) is 48.2 Å². The van der Waals surface area contributed by atoms with Crippen LogP contribution in [0.4, 0.5) is 5.69 Å². The predicted octanol–water partition coefficient (Wildman–Crippen LogP) is 3.08. The first-order chi connectivity index (χ1) is 6.59. The van der Waals surface area contributed by atoms with E-state index in [1.54, 1.807) is 0 Å². The molecular formula is C10H14BrClN2. The summed E-state index contributed by atoms with van der Waals surface area (Å²) in [6.45, 7) is 1.93. The lowest BCUT2D eigenvalue weighted by molar-refractivity contribution is 0.425. The molecule has 0 unspecified atom stereocenters. The quantitative estimate of drug-likeness (QED) is 0.910. The fraction of sp³-hybridized carbons (Fsp3) is 0.400. The van der Waals surface area contributed by atoms with E-state index in [9.17, 15) is 0 Å². The van der Waals surface area contributed by atoms with Crippen LogP contribution in [0.3, 0.4) is 0 Å². The van der Waals surface area contributed by atoms with Crippen molar-refractivity contribution >= 4 is 33.2 Å². The molecule has 1 N–H and O–H groups in total. The third-order valence-corrected chi connectivity index (χ3v) is 2.70. The van der Waals surface area contributed by atoms with Gasteiger partial charge in [-0.3, -0.25) is 0 Å². The maximum absolute atomic E-state index is 5.84. The van der Waals surface area contributed by atoms with Crippen LogP contribution in [-0.4, -0.2) is 32.1 Å². The summed E-state index contributed by atoms with van der Waals surface area (Å²) < 4.78 is 1.00. The molecule has 2 nitrogen and oxygen atoms in total. The number of anilines is 1. The first-order valence-corrected chi connectivity index (χ1v) is 5.60. The van der Waals surface area contributed by atoms with Gasteiger partial charge in [0.05, 0.1) is 0 Å². The highest BCUT2D eigenvalue weighted by Gasteiger charge is 1.99. The van der Waals surface area contributed by atoms with E-state index in [2.05, 4.69) is 40.2 Å². The maximum Gasteiger partial charge on any atom is 0.0486 e. The number of likely N-dealkylation sites (N-methyl/N-ethyl adjacent to an activating group) is 1. The summed E-state index contributed by atoms with van der Waals surface area (Å²) >= 11 is 9.29. The molecule has 0 radical (unpaired) electrons. The Balaban J connectivity index is 2.51. The summed E-state index contributed by atoms with van der Waals surface area (Å²) in [6.07, 6.45) is 0. The van der Waals surface area contributed by atoms with Crippen LogP contribution < -0.4 is 5.32 Å². The Morgan fingerprint density at radius 3 is 2.71 bits per heavy atom. The van der Waals surface area contributed by atoms with Gasteiger partial charge in [0.2, 0.25) is 0 Å². The number of rotatable bonds is 4. The van der Waals surface area contributed by atoms with Gasteiger partial charge in [0.25, 0.3) is 0 Å². The minimum Gasteiger partial charge on any atom is -0.383 e. The number of benzene rings is 1. The van der Waals surface area contributed by atoms with Crippen LogP contribution in [0, 0.1) is 0 Å². The molecule has 0 heterocycles. The average Bonchev–Trinajstić information content (AvgIpc) is 2.08. The van der Waals surface area contributed by atoms with E-state index < -0.39 is 0 Å². The lowest BCUT2D eigenvalue weighted by Crippen LogP contribution is -2.20. The van der Waals surface area contributed by atoms with Crippen molar-refractivity contribution in [1.82, 2.24) is 4.90 Å². The van der Waals surface area contributed by atoms with Gasteiger partial charge in [-0.1, -0.05) is 11.6 Å². The summed E-state index contributed by atoms with van der Waals surface area (Å²) in [5.74, 6) is 0. The number of hydrogen-bond donors (Lipinski definition) is 1. The van der Waals surface area contributed by atoms with Crippen LogP contribution in [0.5, 0.6) is 0 Å². The molecule has 0 bridgehead atoms. The number of nitrogens with one attached hydrogen (secondary N) is 1. The van der Waals surface area contributed by atoms with E-state index in [0.717, 1.165) is 28.3 Å². The first kappa shape index (κ1) is 11.8. The fourth-order valence-electron chi connectivity index (χ4n) is 1.05. The number of hydrogen-bond acceptors (Lipinski definition) is 2. The lowest BCUT2D eigenvalue weighted by Gasteiger charge is -2.12. The Morgan fingerprint density at radius 2 is 2.14 bits per heavy atom. The van der Waals surface area contributed by atoms with E-state index in [1.165, 1.54) is 0 Å². The molecule has 4 heteroatoms. The Hall–Kier alpha value is -0.250. The third kappa shape index (κ3) is 3.86. The van der Waals surface area contributed by atoms with Gasteiger partial charge in [0.1, 0.15) is 0 Å². The SMILES string of the molecule is CN(C)CCNc1ccc(Cl)cc1Br. The van der Waals surface area contributed by atoms with Crippen LogP contribution in [0.25, 0.3) is 0 Å². The first-order valence-electron chi connectivity index (χ1n) is 4.43. The van der Waals surface area contributed by atoms with Gasteiger partial charge in [-0.15, -0.1) is 0 Å². The van der Waals surface area contributed by atoms with Crippen molar-refractivity contribution in [2.24, 2.45) is 0 Å². The highest BCUT2D eigenvalue weighted by molar-refractivity contribution is 9.10. The van der Waals surface area contributed by atoms with Crippen molar-refractivity contribution < 1.29 is 0 Å². The summed E-state index contributed by atoms with van der Waals surface area (Å²) in [4.78, 5) is 2.14. The van der Waals surface area contributed by atoms with Gasteiger partial charge >= 0.3 is 0 Å². The molecule has 1 rings (SSSR count). The Bertz CT molecular complexity index is 302. The molecule has 14 heavy (non-hydrogen) atoms. The third-order valence-electron chi connectivity index (χ3n) is 1.81. The highest BCUT2D eigenvalue weighted by Crippen LogP contribution is 2.25. The van der Waals surface area contributed by atoms with Gasteiger partial charge in [0, 0.05) is 28.3 Å². The smallest absolute Gasteiger partial charge is 0.0486 e. The van der Waals surface area contributed by atoms with Crippen LogP contribution in [-0.2, 0) is 0 Å². The molecule has 0 aliphatic heterocycles. The van der Waals surface area contributed by atoms with Crippen molar-refractivity contribution in [2.75, 3.05) is 32.5 Å². The summed E-state index contributed by atoms with van der Waals surface area (Å²) in [6, 6.07) is 5.74. The fourth-order valence-corrected chi connectivity index (χ4v) is 1.87. The molecule has 0 saturated carbocycles. The van der Waals surface area contributed by atoms with E-state index in [1.807, 2.05) is 18.2 Å². The van der Waals surface area contributed by atoms with Crippen molar-refractivity contribution in [1.29, 1.82) is 0 Å². The zero-order valence-corrected chi connectivity index (χ0v) is 10.7. The van der Waals surface area contributed by atoms with Gasteiger partial charge in [-0.25, -0.2) is 0 Å². The minimum atomic E-state index is 0.745. The second kappa shape index (κ2) is 5.59. The average molecular weight is 278 g/mol. The predicted molar refractivity (Wildman–Crippen MR) is 66.2 cm³/mol. The Kier molecular flexibility index (Phi) is 4.72. The zero-order chi connectivity index (χ0) is 10.6. The van der Waals surface area contributed by atoms with Crippen LogP contribution >= 0.6 is 27.5 Å². The highest BCUT2D eigenvalue weighted by atomic mass is 79.9. The molecule has 78 valence electrons. The van der Waals surface area contributed by atoms with Crippen molar-refractivity contribution in [3.63, 3.8) is 0 Å². The van der Waals surface area contributed by atoms with E-state index >= 15 is 0 Å². The summed E-state index contributed by atoms with van der Waals surface area (Å²) in [5, 5.41) is 4.07. The largest absolute Gasteiger partial charge is 0.383 e. The van der Waals surface area contributed by atoms with Gasteiger partial charge < -0.3 is 10.2 Å². The topological polar surface area (TPSA) is 15.3 Å². The second-order valence-corrected chi connectivity index (χ2v) is 4.64. The molecular weight excluding hydrogens is 263 g/mol. The Labute approximate surface area is 98.4 Å². The number of nitrogens with zero attached hydrogens (tertiary/aromatic N) is 1. The maximum atomic E-state index is 5.84. The Morgan fingerprint density at radius 1 is 1.43 bits per heavy atom. The number of halogens is 2. The van der Waals surface area contributed by atoms with E-state index in [-0.39, 0.29) is 0 Å². The molecule has 0 aliphatic carbocycles. The van der Waals surface area contributed by atoms with Crippen molar-refractivity contribution in [3.8, 4) is 0 Å². The summed E-state index contributed by atoms with van der Waals surface area (Å²) in [7, 11) is 4.11. The monoisotopic (exact) mass is 276 g/mol. The molecule has 0 spiro atoms. The molecule has 0 amide bonds. The van der Waals surface area contributed by atoms with Crippen LogP contribution in [0.1, 0.15) is 0 Å². The molecule has 0 aromatic heterocycles. The summed E-state index contributed by atoms with van der Waals surface area (Å²) in [5.41, 5.74) is 1.08. The zero-order valence-electron chi connectivity index (χ0n) is 8.35. The minimum absolute atomic E-state index is 0.745. The van der Waals surface area contributed by atoms with Gasteiger partial charge in [0.15, 0.2) is 0 Å². The van der Waals surface area contributed by atoms with E-state index in [0.29, 0.717) is 0 Å². The molecule has 0 fully saturated rings. The molecule has 0 saturated heterocycles. The lowest BCUT2D eigenvalue weighted by atomic mass is 10.3. The van der Waals surface area contributed by atoms with Crippen molar-refractivity contribution in [2.45, 2.75) is 0 Å². The normalized spacial score (nSPS) is 10.6. The standard InChI is InChI=1S/C10H14BrClN2/c1-14(2)6-5-13-10-4-3-8(12)7-9(10)11/h3-4,7,13H,5-6H2,1-2H3. The molecule has 0 atom stereocenters. The molecule has 1 aromatic rings. The van der Waals surface area contributed by atoms with Gasteiger partial charge in [-0.2, -0.15) is 0 Å².